The first-order valence-electron chi connectivity index (χ1n) is 6.57. The Kier molecular flexibility index (Phi) is 10.0. The zero-order valence-corrected chi connectivity index (χ0v) is 13.8. The van der Waals surface area contributed by atoms with E-state index in [2.05, 4.69) is 46.8 Å². The Labute approximate surface area is 116 Å². The highest BCUT2D eigenvalue weighted by Gasteiger charge is 2.17. The van der Waals surface area contributed by atoms with Gasteiger partial charge in [-0.2, -0.15) is 0 Å². The van der Waals surface area contributed by atoms with E-state index in [-0.39, 0.29) is 0 Å². The van der Waals surface area contributed by atoms with Crippen LogP contribution in [0.25, 0.3) is 0 Å². The predicted octanol–water partition coefficient (Wildman–Crippen LogP) is 5.52. The van der Waals surface area contributed by atoms with Gasteiger partial charge in [-0.25, -0.2) is 0 Å². The van der Waals surface area contributed by atoms with E-state index in [0.717, 1.165) is 11.8 Å². The lowest BCUT2D eigenvalue weighted by Crippen LogP contribution is -2.09. The van der Waals surface area contributed by atoms with Crippen LogP contribution in [0.4, 0.5) is 0 Å². The molecule has 0 aliphatic heterocycles. The maximum Gasteiger partial charge on any atom is 0.400 e. The average molecular weight is 269 g/mol. The molecule has 0 saturated heterocycles. The van der Waals surface area contributed by atoms with Crippen molar-refractivity contribution < 1.29 is 0 Å². The molecule has 0 heterocycles. The molecule has 0 aliphatic carbocycles. The van der Waals surface area contributed by atoms with Crippen LogP contribution in [0.5, 0.6) is 0 Å². The van der Waals surface area contributed by atoms with E-state index < -0.39 is 13.2 Å². The minimum Gasteiger partial charge on any atom is -0.261 e. The molecule has 1 rings (SSSR count). The van der Waals surface area contributed by atoms with Crippen molar-refractivity contribution in [3.8, 4) is 0 Å². The van der Waals surface area contributed by atoms with Crippen molar-refractivity contribution in [1.82, 2.24) is 0 Å². The summed E-state index contributed by atoms with van der Waals surface area (Å²) in [5, 5.41) is 2.58. The van der Waals surface area contributed by atoms with Crippen LogP contribution in [0, 0.1) is 18.8 Å². The third-order valence-electron chi connectivity index (χ3n) is 2.39. The molecule has 0 fully saturated rings. The van der Waals surface area contributed by atoms with Gasteiger partial charge in [-0.05, 0) is 6.92 Å². The summed E-state index contributed by atoms with van der Waals surface area (Å²) in [6, 6.07) is 10.3. The summed E-state index contributed by atoms with van der Waals surface area (Å²) in [5.41, 5.74) is 1.32. The van der Waals surface area contributed by atoms with Crippen LogP contribution < -0.4 is 0 Å². The van der Waals surface area contributed by atoms with Crippen LogP contribution in [-0.2, 0) is 0 Å². The van der Waals surface area contributed by atoms with E-state index >= 15 is 0 Å². The molecule has 1 aromatic carbocycles. The molecule has 0 nitrogen and oxygen atoms in total. The maximum absolute atomic E-state index is 6.21. The van der Waals surface area contributed by atoms with Crippen molar-refractivity contribution in [2.24, 2.45) is 11.8 Å². The smallest absolute Gasteiger partial charge is 0.261 e. The van der Waals surface area contributed by atoms with E-state index in [1.165, 1.54) is 16.1 Å². The summed E-state index contributed by atoms with van der Waals surface area (Å²) in [5.74, 6) is 1.60. The molecule has 0 aromatic heterocycles. The van der Waals surface area contributed by atoms with Gasteiger partial charge < -0.3 is 0 Å². The van der Waals surface area contributed by atoms with Crippen LogP contribution in [0.15, 0.2) is 30.3 Å². The third kappa shape index (κ3) is 12.3. The highest BCUT2D eigenvalue weighted by atomic mass is 35.6. The molecule has 17 heavy (non-hydrogen) atoms. The zero-order chi connectivity index (χ0) is 13.3. The lowest BCUT2D eigenvalue weighted by molar-refractivity contribution is 0.697. The summed E-state index contributed by atoms with van der Waals surface area (Å²) in [7, 11) is 6.21. The van der Waals surface area contributed by atoms with Gasteiger partial charge >= 0.3 is 13.2 Å². The van der Waals surface area contributed by atoms with Gasteiger partial charge in [0.2, 0.25) is 0 Å². The van der Waals surface area contributed by atoms with Crippen molar-refractivity contribution in [3.63, 3.8) is 0 Å². The average Bonchev–Trinajstić information content (AvgIpc) is 2.16. The molecule has 0 saturated carbocycles. The van der Waals surface area contributed by atoms with Gasteiger partial charge in [-0.3, -0.25) is 10.0 Å². The largest absolute Gasteiger partial charge is 0.400 e. The van der Waals surface area contributed by atoms with Crippen LogP contribution in [0.1, 0.15) is 33.3 Å². The Hall–Kier alpha value is 0.0425. The first-order chi connectivity index (χ1) is 7.91. The molecule has 0 spiro atoms. The maximum atomic E-state index is 6.21. The Morgan fingerprint density at radius 3 is 1.59 bits per heavy atom. The Morgan fingerprint density at radius 2 is 1.35 bits per heavy atom. The van der Waals surface area contributed by atoms with Crippen molar-refractivity contribution in [3.05, 3.63) is 35.9 Å². The zero-order valence-electron chi connectivity index (χ0n) is 11.9. The van der Waals surface area contributed by atoms with Gasteiger partial charge in [0.05, 0.1) is 0 Å². The van der Waals surface area contributed by atoms with Gasteiger partial charge in [-0.1, -0.05) is 86.0 Å². The molecule has 0 N–H and O–H groups in total. The fourth-order valence-electron chi connectivity index (χ4n) is 1.65. The van der Waals surface area contributed by atoms with Gasteiger partial charge in [0.15, 0.2) is 0 Å². The molecule has 0 radical (unpaired) electrons. The Balaban J connectivity index is 0.000000318. The molecule has 0 bridgehead atoms. The summed E-state index contributed by atoms with van der Waals surface area (Å²) < 4.78 is 0. The number of hydrogen-bond acceptors (Lipinski definition) is 0. The normalized spacial score (nSPS) is 10.1. The quantitative estimate of drug-likeness (QED) is 0.631. The second-order valence-corrected chi connectivity index (χ2v) is 9.50. The molecule has 2 heteroatoms. The van der Waals surface area contributed by atoms with Crippen LogP contribution in [-0.4, -0.2) is 13.2 Å². The minimum absolute atomic E-state index is 0.799. The highest BCUT2D eigenvalue weighted by Crippen LogP contribution is 2.16. The molecule has 1 aromatic rings. The van der Waals surface area contributed by atoms with Crippen molar-refractivity contribution >= 4 is 23.3 Å². The highest BCUT2D eigenvalue weighted by molar-refractivity contribution is 7.06. The first-order valence-corrected chi connectivity index (χ1v) is 9.95. The van der Waals surface area contributed by atoms with Crippen LogP contribution >= 0.6 is 10.0 Å². The minimum atomic E-state index is -0.846. The topological polar surface area (TPSA) is 0 Å². The molecule has 0 atom stereocenters. The molecule has 0 amide bonds. The predicted molar refractivity (Wildman–Crippen MR) is 82.1 cm³/mol. The second-order valence-electron chi connectivity index (χ2n) is 5.51. The molecular formula is C15H26AlCl. The Morgan fingerprint density at radius 1 is 0.941 bits per heavy atom. The molecule has 0 aliphatic rings. The number of rotatable bonds is 4. The summed E-state index contributed by atoms with van der Waals surface area (Å²) in [6.45, 7) is 11.1. The van der Waals surface area contributed by atoms with Gasteiger partial charge in [-0.15, -0.1) is 0 Å². The van der Waals surface area contributed by atoms with Crippen LogP contribution in [0.3, 0.4) is 0 Å². The Bertz CT molecular complexity index is 260. The molecular weight excluding hydrogens is 243 g/mol. The third-order valence-corrected chi connectivity index (χ3v) is 6.37. The number of aryl methyl sites for hydroxylation is 1. The van der Waals surface area contributed by atoms with Crippen LogP contribution in [0.2, 0.25) is 10.6 Å². The SMILES string of the molecule is CC(C)[CH2][Al]([Cl])[CH2]C(C)C.Cc1ccccc1. The van der Waals surface area contributed by atoms with Gasteiger partial charge in [0.1, 0.15) is 0 Å². The summed E-state index contributed by atoms with van der Waals surface area (Å²) in [4.78, 5) is 0. The number of halogens is 1. The van der Waals surface area contributed by atoms with E-state index in [1.807, 2.05) is 18.2 Å². The standard InChI is InChI=1S/C7H8.2C4H9.Al.ClH/c1-7-5-3-2-4-6-7;2*1-4(2)3;;/h2-6H,1H3;2*4H,1H2,2-3H3;;1H/q;;;+1;/p-1. The van der Waals surface area contributed by atoms with E-state index in [0.29, 0.717) is 0 Å². The van der Waals surface area contributed by atoms with Crippen molar-refractivity contribution in [1.29, 1.82) is 0 Å². The summed E-state index contributed by atoms with van der Waals surface area (Å²) >= 11 is -0.846. The first kappa shape index (κ1) is 17.0. The van der Waals surface area contributed by atoms with E-state index in [9.17, 15) is 0 Å². The molecule has 96 valence electrons. The number of hydrogen-bond donors (Lipinski definition) is 0. The van der Waals surface area contributed by atoms with E-state index in [1.54, 1.807) is 0 Å². The lowest BCUT2D eigenvalue weighted by Gasteiger charge is -2.08. The van der Waals surface area contributed by atoms with Crippen molar-refractivity contribution in [2.75, 3.05) is 0 Å². The summed E-state index contributed by atoms with van der Waals surface area (Å²) in [6.07, 6.45) is 0. The van der Waals surface area contributed by atoms with Gasteiger partial charge in [0, 0.05) is 0 Å². The van der Waals surface area contributed by atoms with Gasteiger partial charge in [0.25, 0.3) is 0 Å². The van der Waals surface area contributed by atoms with Crippen molar-refractivity contribution in [2.45, 2.75) is 45.2 Å². The monoisotopic (exact) mass is 268 g/mol. The molecule has 0 unspecified atom stereocenters. The number of benzene rings is 1. The van der Waals surface area contributed by atoms with E-state index in [4.69, 9.17) is 10.0 Å². The lowest BCUT2D eigenvalue weighted by atomic mass is 10.2. The fourth-order valence-corrected chi connectivity index (χ4v) is 6.03. The second kappa shape index (κ2) is 10.0. The fraction of sp³-hybridized carbons (Fsp3) is 0.600.